The normalized spacial score (nSPS) is 11.0. The van der Waals surface area contributed by atoms with Gasteiger partial charge in [-0.25, -0.2) is 0 Å². The first-order valence-electron chi connectivity index (χ1n) is 6.03. The van der Waals surface area contributed by atoms with Gasteiger partial charge in [-0.3, -0.25) is 4.79 Å². The number of carbonyl (C=O) groups is 1. The summed E-state index contributed by atoms with van der Waals surface area (Å²) in [6, 6.07) is 3.98. The Morgan fingerprint density at radius 3 is 2.71 bits per heavy atom. The number of carboxylic acid groups (broad SMARTS) is 1. The molecule has 1 heterocycles. The van der Waals surface area contributed by atoms with Gasteiger partial charge in [0.05, 0.1) is 0 Å². The van der Waals surface area contributed by atoms with E-state index in [9.17, 15) is 4.79 Å². The Hall–Kier alpha value is -1.29. The van der Waals surface area contributed by atoms with Crippen LogP contribution in [0.25, 0.3) is 0 Å². The monoisotopic (exact) mass is 239 g/mol. The molecule has 4 nitrogen and oxygen atoms in total. The van der Waals surface area contributed by atoms with Crippen LogP contribution >= 0.6 is 0 Å². The first-order chi connectivity index (χ1) is 8.08. The molecule has 0 saturated carbocycles. The number of hydrogen-bond donors (Lipinski definition) is 1. The number of furan rings is 1. The fourth-order valence-corrected chi connectivity index (χ4v) is 1.69. The highest BCUT2D eigenvalue weighted by atomic mass is 16.4. The molecule has 0 saturated heterocycles. The molecule has 0 aliphatic heterocycles. The molecule has 96 valence electrons. The average Bonchev–Trinajstić information content (AvgIpc) is 2.67. The summed E-state index contributed by atoms with van der Waals surface area (Å²) in [4.78, 5) is 12.5. The SMILES string of the molecule is Cc1ccc(CCN(C)CCCCC(=O)O)o1. The van der Waals surface area contributed by atoms with Crippen LogP contribution in [0.1, 0.15) is 30.8 Å². The number of aryl methyl sites for hydroxylation is 1. The summed E-state index contributed by atoms with van der Waals surface area (Å²) in [6.07, 6.45) is 2.86. The summed E-state index contributed by atoms with van der Waals surface area (Å²) in [5.41, 5.74) is 0. The van der Waals surface area contributed by atoms with Gasteiger partial charge >= 0.3 is 5.97 Å². The van der Waals surface area contributed by atoms with Crippen molar-refractivity contribution in [2.75, 3.05) is 20.1 Å². The molecule has 1 N–H and O–H groups in total. The van der Waals surface area contributed by atoms with Crippen molar-refractivity contribution in [2.45, 2.75) is 32.6 Å². The van der Waals surface area contributed by atoms with E-state index in [2.05, 4.69) is 11.9 Å². The molecule has 4 heteroatoms. The quantitative estimate of drug-likeness (QED) is 0.707. The molecule has 0 amide bonds. The van der Waals surface area contributed by atoms with E-state index in [0.717, 1.165) is 43.9 Å². The maximum Gasteiger partial charge on any atom is 0.303 e. The third kappa shape index (κ3) is 6.12. The zero-order valence-corrected chi connectivity index (χ0v) is 10.6. The predicted molar refractivity (Wildman–Crippen MR) is 66.1 cm³/mol. The van der Waals surface area contributed by atoms with Gasteiger partial charge < -0.3 is 14.4 Å². The van der Waals surface area contributed by atoms with Crippen LogP contribution in [-0.2, 0) is 11.2 Å². The molecule has 0 atom stereocenters. The lowest BCUT2D eigenvalue weighted by Gasteiger charge is -2.15. The third-order valence-corrected chi connectivity index (χ3v) is 2.72. The van der Waals surface area contributed by atoms with Crippen molar-refractivity contribution in [2.24, 2.45) is 0 Å². The number of aliphatic carboxylic acids is 1. The molecule has 17 heavy (non-hydrogen) atoms. The Morgan fingerprint density at radius 2 is 2.12 bits per heavy atom. The van der Waals surface area contributed by atoms with Gasteiger partial charge in [-0.1, -0.05) is 0 Å². The fraction of sp³-hybridized carbons (Fsp3) is 0.615. The van der Waals surface area contributed by atoms with Crippen molar-refractivity contribution in [1.82, 2.24) is 4.90 Å². The van der Waals surface area contributed by atoms with E-state index >= 15 is 0 Å². The van der Waals surface area contributed by atoms with E-state index in [1.807, 2.05) is 19.1 Å². The Bertz CT molecular complexity index is 346. The maximum absolute atomic E-state index is 10.3. The molecular weight excluding hydrogens is 218 g/mol. The lowest BCUT2D eigenvalue weighted by atomic mass is 10.2. The minimum Gasteiger partial charge on any atom is -0.481 e. The summed E-state index contributed by atoms with van der Waals surface area (Å²) >= 11 is 0. The smallest absolute Gasteiger partial charge is 0.303 e. The summed E-state index contributed by atoms with van der Waals surface area (Å²) in [6.45, 7) is 3.83. The zero-order chi connectivity index (χ0) is 12.7. The number of unbranched alkanes of at least 4 members (excludes halogenated alkanes) is 1. The lowest BCUT2D eigenvalue weighted by molar-refractivity contribution is -0.137. The van der Waals surface area contributed by atoms with E-state index in [1.54, 1.807) is 0 Å². The van der Waals surface area contributed by atoms with Crippen molar-refractivity contribution in [1.29, 1.82) is 0 Å². The number of hydrogen-bond acceptors (Lipinski definition) is 3. The number of nitrogens with zero attached hydrogens (tertiary/aromatic N) is 1. The van der Waals surface area contributed by atoms with Crippen LogP contribution in [0.5, 0.6) is 0 Å². The van der Waals surface area contributed by atoms with Gasteiger partial charge in [0.2, 0.25) is 0 Å². The highest BCUT2D eigenvalue weighted by Gasteiger charge is 2.03. The average molecular weight is 239 g/mol. The Balaban J connectivity index is 2.09. The van der Waals surface area contributed by atoms with Crippen LogP contribution in [0.4, 0.5) is 0 Å². The van der Waals surface area contributed by atoms with Crippen LogP contribution in [0.15, 0.2) is 16.5 Å². The molecule has 0 unspecified atom stereocenters. The minimum absolute atomic E-state index is 0.269. The molecular formula is C13H21NO3. The van der Waals surface area contributed by atoms with Crippen LogP contribution < -0.4 is 0 Å². The Kier molecular flexibility index (Phi) is 5.77. The second kappa shape index (κ2) is 7.12. The van der Waals surface area contributed by atoms with Gasteiger partial charge in [0.1, 0.15) is 11.5 Å². The molecule has 1 aromatic rings. The van der Waals surface area contributed by atoms with Gasteiger partial charge in [-0.05, 0) is 45.5 Å². The van der Waals surface area contributed by atoms with E-state index in [0.29, 0.717) is 0 Å². The first-order valence-corrected chi connectivity index (χ1v) is 6.03. The topological polar surface area (TPSA) is 53.7 Å². The highest BCUT2D eigenvalue weighted by Crippen LogP contribution is 2.07. The molecule has 0 spiro atoms. The van der Waals surface area contributed by atoms with Crippen molar-refractivity contribution in [3.63, 3.8) is 0 Å². The maximum atomic E-state index is 10.3. The lowest BCUT2D eigenvalue weighted by Crippen LogP contribution is -2.22. The fourth-order valence-electron chi connectivity index (χ4n) is 1.69. The van der Waals surface area contributed by atoms with Gasteiger partial charge in [0.25, 0.3) is 0 Å². The molecule has 1 aromatic heterocycles. The number of likely N-dealkylation sites (N-methyl/N-ethyl adjacent to an activating group) is 1. The standard InChI is InChI=1S/C13H21NO3/c1-11-6-7-12(17-11)8-10-14(2)9-4-3-5-13(15)16/h6-7H,3-5,8-10H2,1-2H3,(H,15,16). The van der Waals surface area contributed by atoms with Gasteiger partial charge in [0.15, 0.2) is 0 Å². The number of carboxylic acids is 1. The number of rotatable bonds is 8. The molecule has 0 radical (unpaired) electrons. The van der Waals surface area contributed by atoms with Crippen LogP contribution in [0.3, 0.4) is 0 Å². The van der Waals surface area contributed by atoms with Gasteiger partial charge in [-0.15, -0.1) is 0 Å². The second-order valence-electron chi connectivity index (χ2n) is 4.42. The molecule has 0 aliphatic rings. The van der Waals surface area contributed by atoms with Gasteiger partial charge in [-0.2, -0.15) is 0 Å². The molecule has 0 aliphatic carbocycles. The Morgan fingerprint density at radius 1 is 1.35 bits per heavy atom. The first kappa shape index (κ1) is 13.8. The summed E-state index contributed by atoms with van der Waals surface area (Å²) in [7, 11) is 2.05. The van der Waals surface area contributed by atoms with E-state index in [1.165, 1.54) is 0 Å². The largest absolute Gasteiger partial charge is 0.481 e. The molecule has 0 bridgehead atoms. The van der Waals surface area contributed by atoms with Crippen molar-refractivity contribution < 1.29 is 14.3 Å². The summed E-state index contributed by atoms with van der Waals surface area (Å²) in [5.74, 6) is 1.25. The second-order valence-corrected chi connectivity index (χ2v) is 4.42. The van der Waals surface area contributed by atoms with Crippen molar-refractivity contribution in [3.05, 3.63) is 23.7 Å². The summed E-state index contributed by atoms with van der Waals surface area (Å²) in [5, 5.41) is 8.51. The highest BCUT2D eigenvalue weighted by molar-refractivity contribution is 5.66. The van der Waals surface area contributed by atoms with Crippen LogP contribution in [0, 0.1) is 6.92 Å². The third-order valence-electron chi connectivity index (χ3n) is 2.72. The van der Waals surface area contributed by atoms with Crippen LogP contribution in [-0.4, -0.2) is 36.1 Å². The van der Waals surface area contributed by atoms with Crippen molar-refractivity contribution >= 4 is 5.97 Å². The minimum atomic E-state index is -0.710. The van der Waals surface area contributed by atoms with Crippen molar-refractivity contribution in [3.8, 4) is 0 Å². The molecule has 1 rings (SSSR count). The Labute approximate surface area is 102 Å². The van der Waals surface area contributed by atoms with E-state index in [-0.39, 0.29) is 6.42 Å². The van der Waals surface area contributed by atoms with E-state index in [4.69, 9.17) is 9.52 Å². The van der Waals surface area contributed by atoms with Gasteiger partial charge in [0, 0.05) is 19.4 Å². The summed E-state index contributed by atoms with van der Waals surface area (Å²) < 4.78 is 5.49. The molecule has 0 aromatic carbocycles. The zero-order valence-electron chi connectivity index (χ0n) is 10.6. The molecule has 0 fully saturated rings. The van der Waals surface area contributed by atoms with E-state index < -0.39 is 5.97 Å². The van der Waals surface area contributed by atoms with Crippen LogP contribution in [0.2, 0.25) is 0 Å². The predicted octanol–water partition coefficient (Wildman–Crippen LogP) is 2.32.